The van der Waals surface area contributed by atoms with Gasteiger partial charge in [-0.15, -0.1) is 0 Å². The molecule has 0 aliphatic carbocycles. The van der Waals surface area contributed by atoms with Gasteiger partial charge >= 0.3 is 23.9 Å². The Labute approximate surface area is 433 Å². The molecule has 0 aromatic heterocycles. The molecule has 36 nitrogen and oxygen atoms in total. The third-order valence-electron chi connectivity index (χ3n) is 13.8. The van der Waals surface area contributed by atoms with Gasteiger partial charge < -0.3 is 162 Å². The Hall–Kier alpha value is -3.24. The molecule has 446 valence electrons. The summed E-state index contributed by atoms with van der Waals surface area (Å²) in [6, 6.07) is -5.54. The summed E-state index contributed by atoms with van der Waals surface area (Å²) in [6.45, 7) is -4.97. The number of aliphatic hydroxyl groups is 16. The first kappa shape index (κ1) is 64.6. The van der Waals surface area contributed by atoms with Crippen LogP contribution in [0.4, 0.5) is 0 Å². The lowest BCUT2D eigenvalue weighted by Gasteiger charge is -2.51. The van der Waals surface area contributed by atoms with Crippen molar-refractivity contribution in [2.24, 2.45) is 17.2 Å². The van der Waals surface area contributed by atoms with Crippen LogP contribution in [0.15, 0.2) is 0 Å². The van der Waals surface area contributed by atoms with Crippen LogP contribution in [-0.4, -0.2) is 324 Å². The van der Waals surface area contributed by atoms with Gasteiger partial charge in [0.15, 0.2) is 12.6 Å². The SMILES string of the molecule is CC(=O)OC[C@@H](O)[C@@H](O)[C@@H]1O[C@@](O[C@H](CO)[C@@H](O)[C@@H]2O[C@@](O[C@H](CO)[C@@H](O)[C@@H]3O[C@@](O[C@H]4[C@@H](O)[C@@H](CO)O[C@@H](O[C@H]5[C@H](O)[C@@H](O)[C@H](O)O[C@@H]5CO)[C@@H]4O)(C(=O)O)C[C@H](O)[C@H]3N)(C(=O)O)C[C@H](O)[C@H]2N)(C(=O)O)C[C@H](O)[C@H]1N. The molecule has 5 fully saturated rings. The molecule has 5 saturated heterocycles. The minimum Gasteiger partial charge on any atom is -0.477 e. The summed E-state index contributed by atoms with van der Waals surface area (Å²) in [5.74, 6) is -17.4. The second kappa shape index (κ2) is 26.1. The van der Waals surface area contributed by atoms with Crippen LogP contribution in [0.5, 0.6) is 0 Å². The van der Waals surface area contributed by atoms with Gasteiger partial charge in [-0.3, -0.25) is 4.79 Å². The minimum absolute atomic E-state index is 0.879. The first-order valence-corrected chi connectivity index (χ1v) is 23.6. The molecule has 77 heavy (non-hydrogen) atoms. The summed E-state index contributed by atoms with van der Waals surface area (Å²) in [5, 5.41) is 203. The fourth-order valence-corrected chi connectivity index (χ4v) is 9.39. The molecular formula is C41H69N3O33. The highest BCUT2D eigenvalue weighted by molar-refractivity contribution is 5.77. The monoisotopic (exact) mass is 1130 g/mol. The molecule has 28 atom stereocenters. The Kier molecular flexibility index (Phi) is 21.9. The van der Waals surface area contributed by atoms with Crippen LogP contribution in [-0.2, 0) is 66.5 Å². The lowest BCUT2D eigenvalue weighted by molar-refractivity contribution is -0.387. The number of carboxylic acids is 3. The average Bonchev–Trinajstić information content (AvgIpc) is 3.39. The summed E-state index contributed by atoms with van der Waals surface area (Å²) < 4.78 is 54.0. The molecule has 25 N–H and O–H groups in total. The molecule has 36 heteroatoms. The predicted octanol–water partition coefficient (Wildman–Crippen LogP) is -13.8. The molecule has 5 heterocycles. The lowest BCUT2D eigenvalue weighted by atomic mass is 9.87. The van der Waals surface area contributed by atoms with Gasteiger partial charge in [-0.2, -0.15) is 0 Å². The maximum Gasteiger partial charge on any atom is 0.364 e. The third-order valence-corrected chi connectivity index (χ3v) is 13.8. The van der Waals surface area contributed by atoms with E-state index in [2.05, 4.69) is 4.74 Å². The van der Waals surface area contributed by atoms with Crippen molar-refractivity contribution in [1.82, 2.24) is 0 Å². The number of aliphatic hydroxyl groups excluding tert-OH is 16. The van der Waals surface area contributed by atoms with E-state index in [0.29, 0.717) is 0 Å². The van der Waals surface area contributed by atoms with Gasteiger partial charge in [0.1, 0.15) is 110 Å². The van der Waals surface area contributed by atoms with Crippen molar-refractivity contribution in [1.29, 1.82) is 0 Å². The summed E-state index contributed by atoms with van der Waals surface area (Å²) in [6.07, 6.45) is -51.5. The van der Waals surface area contributed by atoms with E-state index in [1.54, 1.807) is 0 Å². The third kappa shape index (κ3) is 13.4. The van der Waals surface area contributed by atoms with Crippen molar-refractivity contribution >= 4 is 23.9 Å². The minimum atomic E-state index is -3.39. The van der Waals surface area contributed by atoms with Crippen molar-refractivity contribution in [2.45, 2.75) is 196 Å². The fourth-order valence-electron chi connectivity index (χ4n) is 9.39. The Morgan fingerprint density at radius 3 is 1.38 bits per heavy atom. The molecule has 5 aliphatic heterocycles. The van der Waals surface area contributed by atoms with Gasteiger partial charge in [0.25, 0.3) is 17.4 Å². The first-order chi connectivity index (χ1) is 35.9. The van der Waals surface area contributed by atoms with Crippen LogP contribution >= 0.6 is 0 Å². The molecule has 0 spiro atoms. The molecular weight excluding hydrogens is 1060 g/mol. The summed E-state index contributed by atoms with van der Waals surface area (Å²) in [7, 11) is 0. The highest BCUT2D eigenvalue weighted by atomic mass is 16.8. The van der Waals surface area contributed by atoms with Crippen LogP contribution in [0.3, 0.4) is 0 Å². The number of nitrogens with two attached hydrogens (primary N) is 3. The molecule has 0 saturated carbocycles. The van der Waals surface area contributed by atoms with Crippen molar-refractivity contribution in [2.75, 3.05) is 33.0 Å². The van der Waals surface area contributed by atoms with E-state index in [1.165, 1.54) is 0 Å². The van der Waals surface area contributed by atoms with Gasteiger partial charge in [-0.05, 0) is 0 Å². The second-order valence-corrected chi connectivity index (χ2v) is 19.1. The van der Waals surface area contributed by atoms with Crippen LogP contribution < -0.4 is 17.2 Å². The standard InChI is InChI=1S/C41H69N3O33/c1-10(49)68-9-14(53)22(54)30-19(42)11(50)2-39(74-30,36(62)63)72-16(6-46)24(56)31-20(43)12(51)3-40(75-31,37(64)65)73-17(7-47)25(57)32-21(44)13(52)4-41(76-32,38(66)67)77-33-23(55)15(5-45)70-35(28(33)60)71-29-18(8-48)69-34(61)27(59)26(29)58/h11-35,45-48,50-61H,2-9,42-44H2,1H3,(H,62,63)(H,64,65)(H,66,67)/t11-,12-,13-,14+,15+,16+,17+,18+,19+,20+,21+,22+,23-,24+,25+,26+,27+,28+,29+,30+,31+,32+,33-,34+,35-,39+,40+,41-/m0/s1. The average molecular weight is 1130 g/mol. The van der Waals surface area contributed by atoms with Crippen molar-refractivity contribution < 1.29 is 164 Å². The lowest BCUT2D eigenvalue weighted by Crippen LogP contribution is -2.71. The van der Waals surface area contributed by atoms with E-state index < -0.39 is 246 Å². The maximum atomic E-state index is 13.2. The number of carbonyl (C=O) groups is 4. The quantitative estimate of drug-likeness (QED) is 0.0423. The van der Waals surface area contributed by atoms with Crippen LogP contribution in [0.25, 0.3) is 0 Å². The van der Waals surface area contributed by atoms with Gasteiger partial charge in [-0.1, -0.05) is 0 Å². The molecule has 0 amide bonds. The number of carbonyl (C=O) groups excluding carboxylic acids is 1. The fraction of sp³-hybridized carbons (Fsp3) is 0.902. The Morgan fingerprint density at radius 2 is 0.974 bits per heavy atom. The van der Waals surface area contributed by atoms with E-state index in [9.17, 15) is 116 Å². The smallest absolute Gasteiger partial charge is 0.364 e. The zero-order valence-electron chi connectivity index (χ0n) is 40.5. The van der Waals surface area contributed by atoms with E-state index >= 15 is 0 Å². The van der Waals surface area contributed by atoms with Gasteiger partial charge in [0.05, 0.1) is 62.9 Å². The summed E-state index contributed by atoms with van der Waals surface area (Å²) >= 11 is 0. The van der Waals surface area contributed by atoms with E-state index in [1.807, 2.05) is 0 Å². The normalized spacial score (nSPS) is 44.2. The van der Waals surface area contributed by atoms with Gasteiger partial charge in [0.2, 0.25) is 0 Å². The molecule has 0 bridgehead atoms. The number of rotatable bonds is 23. The van der Waals surface area contributed by atoms with E-state index in [4.69, 9.17) is 59.8 Å². The molecule has 0 aromatic carbocycles. The zero-order valence-corrected chi connectivity index (χ0v) is 40.5. The highest BCUT2D eigenvalue weighted by Gasteiger charge is 2.63. The van der Waals surface area contributed by atoms with Crippen molar-refractivity contribution in [3.63, 3.8) is 0 Å². The maximum absolute atomic E-state index is 13.2. The predicted molar refractivity (Wildman–Crippen MR) is 234 cm³/mol. The highest BCUT2D eigenvalue weighted by Crippen LogP contribution is 2.41. The number of carboxylic acid groups (broad SMARTS) is 3. The van der Waals surface area contributed by atoms with Crippen LogP contribution in [0.2, 0.25) is 0 Å². The van der Waals surface area contributed by atoms with Gasteiger partial charge in [0, 0.05) is 26.2 Å². The molecule has 0 unspecified atom stereocenters. The summed E-state index contributed by atoms with van der Waals surface area (Å²) in [5.41, 5.74) is 18.2. The van der Waals surface area contributed by atoms with Crippen LogP contribution in [0.1, 0.15) is 26.2 Å². The van der Waals surface area contributed by atoms with E-state index in [0.717, 1.165) is 6.92 Å². The second-order valence-electron chi connectivity index (χ2n) is 19.1. The van der Waals surface area contributed by atoms with Crippen molar-refractivity contribution in [3.05, 3.63) is 0 Å². The topological polar surface area (TPSA) is 623 Å². The first-order valence-electron chi connectivity index (χ1n) is 23.6. The van der Waals surface area contributed by atoms with E-state index in [-0.39, 0.29) is 0 Å². The number of hydrogen-bond donors (Lipinski definition) is 22. The Balaban J connectivity index is 1.41. The largest absolute Gasteiger partial charge is 0.477 e. The number of aliphatic carboxylic acids is 3. The van der Waals surface area contributed by atoms with Gasteiger partial charge in [-0.25, -0.2) is 14.4 Å². The number of hydrogen-bond acceptors (Lipinski definition) is 33. The van der Waals surface area contributed by atoms with Crippen LogP contribution in [0, 0.1) is 0 Å². The van der Waals surface area contributed by atoms with Crippen molar-refractivity contribution in [3.8, 4) is 0 Å². The zero-order chi connectivity index (χ0) is 58.0. The number of esters is 1. The number of ether oxygens (including phenoxy) is 10. The Bertz CT molecular complexity index is 1980. The molecule has 5 aliphatic rings. The Morgan fingerprint density at radius 1 is 0.558 bits per heavy atom. The summed E-state index contributed by atoms with van der Waals surface area (Å²) in [4.78, 5) is 50.4. The molecule has 0 radical (unpaired) electrons. The molecule has 5 rings (SSSR count). The molecule has 0 aromatic rings.